The zero-order valence-corrected chi connectivity index (χ0v) is 25.4. The molecular weight excluding hydrogens is 605 g/mol. The number of hydrogen-bond acceptors (Lipinski definition) is 8. The fraction of sp³-hybridized carbons (Fsp3) is 0.379. The van der Waals surface area contributed by atoms with Crippen LogP contribution in [0.4, 0.5) is 28.9 Å². The topological polar surface area (TPSA) is 92.4 Å². The van der Waals surface area contributed by atoms with Crippen molar-refractivity contribution in [3.05, 3.63) is 63.7 Å². The second-order valence-corrected chi connectivity index (χ2v) is 15.1. The normalized spacial score (nSPS) is 17.9. The summed E-state index contributed by atoms with van der Waals surface area (Å²) in [5, 5.41) is 7.32. The van der Waals surface area contributed by atoms with Crippen LogP contribution in [0.3, 0.4) is 0 Å². The summed E-state index contributed by atoms with van der Waals surface area (Å²) in [5.74, 6) is 5.00. The van der Waals surface area contributed by atoms with Crippen LogP contribution in [0.2, 0.25) is 0 Å². The smallest absolute Gasteiger partial charge is 0.378 e. The second kappa shape index (κ2) is 12.2. The van der Waals surface area contributed by atoms with Crippen LogP contribution in [0, 0.1) is 11.8 Å². The summed E-state index contributed by atoms with van der Waals surface area (Å²) >= 11 is 1.15. The lowest BCUT2D eigenvalue weighted by molar-refractivity contribution is -0.126. The predicted molar refractivity (Wildman–Crippen MR) is 163 cm³/mol. The molecule has 0 saturated carbocycles. The van der Waals surface area contributed by atoms with Gasteiger partial charge in [0, 0.05) is 18.4 Å². The molecule has 1 aliphatic heterocycles. The highest BCUT2D eigenvalue weighted by Crippen LogP contribution is 2.40. The van der Waals surface area contributed by atoms with E-state index in [2.05, 4.69) is 27.5 Å². The fourth-order valence-electron chi connectivity index (χ4n) is 4.97. The minimum Gasteiger partial charge on any atom is -0.378 e. The van der Waals surface area contributed by atoms with Crippen molar-refractivity contribution in [2.45, 2.75) is 31.2 Å². The summed E-state index contributed by atoms with van der Waals surface area (Å²) in [5.41, 5.74) is 1.54. The molecule has 0 aliphatic carbocycles. The van der Waals surface area contributed by atoms with Crippen LogP contribution < -0.4 is 21.7 Å². The van der Waals surface area contributed by atoms with Crippen LogP contribution in [0.15, 0.2) is 52.0 Å². The van der Waals surface area contributed by atoms with Crippen molar-refractivity contribution in [2.24, 2.45) is 0 Å². The molecule has 3 heterocycles. The molecule has 0 amide bonds. The second-order valence-electron chi connectivity index (χ2n) is 10.8. The lowest BCUT2D eigenvalue weighted by Crippen LogP contribution is -2.46. The third-order valence-corrected chi connectivity index (χ3v) is 9.85. The average molecular weight is 636 g/mol. The van der Waals surface area contributed by atoms with Crippen LogP contribution in [0.25, 0.3) is 15.8 Å². The number of nitrogens with zero attached hydrogens (tertiary/aromatic N) is 3. The van der Waals surface area contributed by atoms with Gasteiger partial charge in [-0.05, 0) is 62.0 Å². The molecule has 2 N–H and O–H groups in total. The van der Waals surface area contributed by atoms with Crippen molar-refractivity contribution in [1.29, 1.82) is 0 Å². The molecule has 0 bridgehead atoms. The van der Waals surface area contributed by atoms with E-state index in [9.17, 15) is 26.9 Å². The predicted octanol–water partition coefficient (Wildman–Crippen LogP) is 5.31. The number of benzene rings is 2. The SMILES string of the molecule is CN1CC[C@@H](Nc2cccc3c(CC(F)(F)F)c(C#CCNc4ccc(P(C)(C)=O)cc4-n4cnc(=O)o4)sc23)[C@@H](F)C1. The van der Waals surface area contributed by atoms with Gasteiger partial charge >= 0.3 is 11.9 Å². The fourth-order valence-corrected chi connectivity index (χ4v) is 7.01. The van der Waals surface area contributed by atoms with E-state index in [1.807, 2.05) is 11.9 Å². The van der Waals surface area contributed by atoms with Gasteiger partial charge in [0.2, 0.25) is 0 Å². The molecule has 2 aromatic carbocycles. The maximum absolute atomic E-state index is 14.7. The molecule has 1 fully saturated rings. The quantitative estimate of drug-likeness (QED) is 0.162. The molecule has 14 heteroatoms. The Bertz CT molecular complexity index is 1800. The Morgan fingerprint density at radius 1 is 1.21 bits per heavy atom. The maximum atomic E-state index is 14.7. The zero-order chi connectivity index (χ0) is 30.9. The van der Waals surface area contributed by atoms with Gasteiger partial charge in [0.25, 0.3) is 0 Å². The van der Waals surface area contributed by atoms with E-state index < -0.39 is 37.7 Å². The number of piperidine rings is 1. The lowest BCUT2D eigenvalue weighted by atomic mass is 10.0. The van der Waals surface area contributed by atoms with E-state index in [0.717, 1.165) is 22.6 Å². The number of aromatic nitrogens is 2. The first-order valence-electron chi connectivity index (χ1n) is 13.5. The number of halogens is 4. The van der Waals surface area contributed by atoms with Gasteiger partial charge in [-0.1, -0.05) is 24.0 Å². The van der Waals surface area contributed by atoms with E-state index in [1.54, 1.807) is 49.7 Å². The molecule has 2 atom stereocenters. The van der Waals surface area contributed by atoms with Gasteiger partial charge < -0.3 is 24.6 Å². The van der Waals surface area contributed by atoms with E-state index >= 15 is 0 Å². The Kier molecular flexibility index (Phi) is 8.75. The summed E-state index contributed by atoms with van der Waals surface area (Å²) < 4.78 is 75.1. The number of likely N-dealkylation sites (tertiary alicyclic amines) is 1. The lowest BCUT2D eigenvalue weighted by Gasteiger charge is -2.33. The minimum atomic E-state index is -4.45. The van der Waals surface area contributed by atoms with Gasteiger partial charge in [-0.15, -0.1) is 11.3 Å². The van der Waals surface area contributed by atoms with Gasteiger partial charge in [-0.25, -0.2) is 9.18 Å². The highest BCUT2D eigenvalue weighted by molar-refractivity contribution is 7.70. The van der Waals surface area contributed by atoms with E-state index in [0.29, 0.717) is 38.9 Å². The molecule has 8 nitrogen and oxygen atoms in total. The molecule has 5 rings (SSSR count). The van der Waals surface area contributed by atoms with Crippen LogP contribution in [-0.2, 0) is 11.0 Å². The number of fused-ring (bicyclic) bond motifs is 1. The van der Waals surface area contributed by atoms with E-state index in [1.165, 1.54) is 6.33 Å². The standard InChI is InChI=1S/C29H30F4N5O3PS/c1-37-13-11-22(21(30)16-37)36-24-7-4-6-19-20(15-29(31,32)33)26(43-27(19)24)8-5-12-34-23-10-9-18(42(2,3)40)14-25(23)38-17-35-28(39)41-38/h4,6-7,9-10,14,17,21-22,34,36H,11-13,15-16H2,1-3H3/t21-,22+/m0/s1. The maximum Gasteiger partial charge on any atom is 0.459 e. The number of rotatable bonds is 7. The van der Waals surface area contributed by atoms with Gasteiger partial charge in [0.05, 0.1) is 40.0 Å². The first-order chi connectivity index (χ1) is 20.3. The molecule has 0 spiro atoms. The van der Waals surface area contributed by atoms with Crippen molar-refractivity contribution < 1.29 is 26.6 Å². The number of anilines is 2. The Balaban J connectivity index is 1.44. The molecule has 0 unspecified atom stereocenters. The molecular formula is C29H30F4N5O3PS. The first kappa shape index (κ1) is 30.9. The Morgan fingerprint density at radius 2 is 2.00 bits per heavy atom. The Labute approximate surface area is 249 Å². The van der Waals surface area contributed by atoms with Gasteiger partial charge in [0.1, 0.15) is 25.3 Å². The molecule has 1 aliphatic rings. The third kappa shape index (κ3) is 7.32. The molecule has 1 saturated heterocycles. The average Bonchev–Trinajstić information content (AvgIpc) is 3.50. The summed E-state index contributed by atoms with van der Waals surface area (Å²) in [6.45, 7) is 4.28. The van der Waals surface area contributed by atoms with Crippen LogP contribution >= 0.6 is 18.5 Å². The van der Waals surface area contributed by atoms with Crippen molar-refractivity contribution in [1.82, 2.24) is 14.6 Å². The number of hydrogen-bond donors (Lipinski definition) is 2. The monoisotopic (exact) mass is 635 g/mol. The van der Waals surface area contributed by atoms with E-state index in [4.69, 9.17) is 4.52 Å². The minimum absolute atomic E-state index is 0.0467. The zero-order valence-electron chi connectivity index (χ0n) is 23.7. The van der Waals surface area contributed by atoms with Crippen LogP contribution in [0.1, 0.15) is 16.9 Å². The largest absolute Gasteiger partial charge is 0.459 e. The van der Waals surface area contributed by atoms with Crippen LogP contribution in [0.5, 0.6) is 0 Å². The first-order valence-corrected chi connectivity index (χ1v) is 16.9. The van der Waals surface area contributed by atoms with Crippen molar-refractivity contribution in [2.75, 3.05) is 50.6 Å². The van der Waals surface area contributed by atoms with Gasteiger partial charge in [-0.2, -0.15) is 22.9 Å². The van der Waals surface area contributed by atoms with Gasteiger partial charge in [-0.3, -0.25) is 0 Å². The van der Waals surface area contributed by atoms with Crippen molar-refractivity contribution in [3.8, 4) is 17.5 Å². The molecule has 2 aromatic heterocycles. The third-order valence-electron chi connectivity index (χ3n) is 7.14. The Morgan fingerprint density at radius 3 is 2.67 bits per heavy atom. The molecule has 4 aromatic rings. The number of nitrogens with one attached hydrogen (secondary N) is 2. The molecule has 43 heavy (non-hydrogen) atoms. The van der Waals surface area contributed by atoms with Crippen molar-refractivity contribution in [3.63, 3.8) is 0 Å². The summed E-state index contributed by atoms with van der Waals surface area (Å²) in [6, 6.07) is 9.59. The van der Waals surface area contributed by atoms with Crippen molar-refractivity contribution >= 4 is 45.2 Å². The van der Waals surface area contributed by atoms with Gasteiger partial charge in [0.15, 0.2) is 0 Å². The Hall–Kier alpha value is -3.59. The van der Waals surface area contributed by atoms with E-state index in [-0.39, 0.29) is 23.5 Å². The number of alkyl halides is 4. The highest BCUT2D eigenvalue weighted by Gasteiger charge is 2.32. The van der Waals surface area contributed by atoms with Crippen LogP contribution in [-0.4, -0.2) is 73.0 Å². The number of thiophene rings is 1. The molecule has 0 radical (unpaired) electrons. The highest BCUT2D eigenvalue weighted by atomic mass is 32.1. The molecule has 228 valence electrons. The summed E-state index contributed by atoms with van der Waals surface area (Å²) in [4.78, 5) is 17.3. The summed E-state index contributed by atoms with van der Waals surface area (Å²) in [6.07, 6.45) is -4.94. The summed E-state index contributed by atoms with van der Waals surface area (Å²) in [7, 11) is -0.785.